The standard InChI is InChI=1S/C2H4BrCl2O3P/c3-1-2-7-8-9(4,5)6/h1-2H2. The summed E-state index contributed by atoms with van der Waals surface area (Å²) < 4.78 is 14.3. The third-order valence-corrected chi connectivity index (χ3v) is 1.24. The SMILES string of the molecule is O=P(Cl)(Cl)OOCCBr. The summed E-state index contributed by atoms with van der Waals surface area (Å²) in [5, 5.41) is 0.570. The van der Waals surface area contributed by atoms with Crippen LogP contribution in [0.15, 0.2) is 0 Å². The first-order valence-electron chi connectivity index (χ1n) is 1.93. The average Bonchev–Trinajstić information content (AvgIpc) is 1.63. The van der Waals surface area contributed by atoms with Crippen LogP contribution in [0.3, 0.4) is 0 Å². The van der Waals surface area contributed by atoms with Crippen molar-refractivity contribution in [3.05, 3.63) is 0 Å². The first kappa shape index (κ1) is 10.2. The van der Waals surface area contributed by atoms with Crippen LogP contribution in [0.4, 0.5) is 0 Å². The summed E-state index contributed by atoms with van der Waals surface area (Å²) in [6.45, 7) is 0.253. The van der Waals surface area contributed by atoms with E-state index in [-0.39, 0.29) is 6.61 Å². The van der Waals surface area contributed by atoms with E-state index in [2.05, 4.69) is 25.5 Å². The van der Waals surface area contributed by atoms with Gasteiger partial charge in [-0.15, -0.1) is 4.67 Å². The second-order valence-electron chi connectivity index (χ2n) is 1.000. The van der Waals surface area contributed by atoms with E-state index in [0.717, 1.165) is 0 Å². The van der Waals surface area contributed by atoms with Gasteiger partial charge in [0.15, 0.2) is 0 Å². The fourth-order valence-electron chi connectivity index (χ4n) is 0.130. The third kappa shape index (κ3) is 9.21. The highest BCUT2D eigenvalue weighted by atomic mass is 79.9. The van der Waals surface area contributed by atoms with Gasteiger partial charge < -0.3 is 0 Å². The van der Waals surface area contributed by atoms with E-state index >= 15 is 0 Å². The molecule has 0 rings (SSSR count). The molecule has 0 bridgehead atoms. The van der Waals surface area contributed by atoms with Crippen LogP contribution >= 0.6 is 44.5 Å². The maximum atomic E-state index is 10.3. The zero-order chi connectivity index (χ0) is 7.33. The van der Waals surface area contributed by atoms with E-state index in [1.807, 2.05) is 0 Å². The van der Waals surface area contributed by atoms with Crippen molar-refractivity contribution in [1.82, 2.24) is 0 Å². The Bertz CT molecular complexity index is 114. The molecular formula is C2H4BrCl2O3P. The lowest BCUT2D eigenvalue weighted by Gasteiger charge is -1.99. The second-order valence-corrected chi connectivity index (χ2v) is 5.96. The van der Waals surface area contributed by atoms with Gasteiger partial charge >= 0.3 is 6.07 Å². The summed E-state index contributed by atoms with van der Waals surface area (Å²) in [7, 11) is 0. The average molecular weight is 258 g/mol. The van der Waals surface area contributed by atoms with Crippen molar-refractivity contribution in [2.24, 2.45) is 0 Å². The van der Waals surface area contributed by atoms with Crippen LogP contribution in [0.2, 0.25) is 0 Å². The zero-order valence-electron chi connectivity index (χ0n) is 4.22. The first-order chi connectivity index (χ1) is 4.06. The molecule has 0 aliphatic rings. The molecule has 7 heteroatoms. The molecule has 0 unspecified atom stereocenters. The molecule has 0 saturated heterocycles. The monoisotopic (exact) mass is 256 g/mol. The molecule has 0 atom stereocenters. The quantitative estimate of drug-likeness (QED) is 0.255. The van der Waals surface area contributed by atoms with Crippen LogP contribution in [0.25, 0.3) is 0 Å². The Balaban J connectivity index is 3.18. The van der Waals surface area contributed by atoms with Crippen molar-refractivity contribution in [1.29, 1.82) is 0 Å². The summed E-state index contributed by atoms with van der Waals surface area (Å²) in [5.74, 6) is 0. The molecule has 56 valence electrons. The molecule has 0 aromatic heterocycles. The van der Waals surface area contributed by atoms with Gasteiger partial charge in [0, 0.05) is 5.33 Å². The molecule has 0 amide bonds. The van der Waals surface area contributed by atoms with Crippen LogP contribution in [-0.4, -0.2) is 11.9 Å². The predicted molar refractivity (Wildman–Crippen MR) is 40.1 cm³/mol. The molecule has 0 aliphatic heterocycles. The van der Waals surface area contributed by atoms with E-state index < -0.39 is 6.07 Å². The smallest absolute Gasteiger partial charge is 0.254 e. The largest absolute Gasteiger partial charge is 0.406 e. The number of halogens is 3. The minimum Gasteiger partial charge on any atom is -0.254 e. The van der Waals surface area contributed by atoms with Gasteiger partial charge in [-0.1, -0.05) is 15.9 Å². The van der Waals surface area contributed by atoms with Gasteiger partial charge in [-0.05, 0) is 22.5 Å². The molecule has 9 heavy (non-hydrogen) atoms. The third-order valence-electron chi connectivity index (χ3n) is 0.300. The van der Waals surface area contributed by atoms with Gasteiger partial charge in [-0.2, -0.15) is 0 Å². The van der Waals surface area contributed by atoms with E-state index in [9.17, 15) is 4.57 Å². The first-order valence-corrected chi connectivity index (χ1v) is 6.48. The fourth-order valence-corrected chi connectivity index (χ4v) is 0.699. The number of alkyl halides is 1. The van der Waals surface area contributed by atoms with Gasteiger partial charge in [0.2, 0.25) is 0 Å². The van der Waals surface area contributed by atoms with Crippen molar-refractivity contribution >= 4 is 44.5 Å². The minimum atomic E-state index is -3.49. The maximum absolute atomic E-state index is 10.3. The van der Waals surface area contributed by atoms with Crippen LogP contribution in [0, 0.1) is 0 Å². The highest BCUT2D eigenvalue weighted by Gasteiger charge is 2.14. The molecule has 0 heterocycles. The van der Waals surface area contributed by atoms with Gasteiger partial charge in [-0.3, -0.25) is 4.57 Å². The molecule has 0 fully saturated rings. The Morgan fingerprint density at radius 2 is 2.11 bits per heavy atom. The molecule has 0 N–H and O–H groups in total. The lowest BCUT2D eigenvalue weighted by atomic mass is 10.9. The van der Waals surface area contributed by atoms with Gasteiger partial charge in [0.25, 0.3) is 0 Å². The summed E-state index contributed by atoms with van der Waals surface area (Å²) in [6, 6.07) is 0. The lowest BCUT2D eigenvalue weighted by molar-refractivity contribution is -0.194. The molecule has 0 aromatic carbocycles. The number of hydrogen-bond donors (Lipinski definition) is 0. The highest BCUT2D eigenvalue weighted by Crippen LogP contribution is 2.57. The number of hydrogen-bond acceptors (Lipinski definition) is 3. The van der Waals surface area contributed by atoms with Crippen LogP contribution in [0.1, 0.15) is 0 Å². The summed E-state index contributed by atoms with van der Waals surface area (Å²) >= 11 is 12.9. The normalized spacial score (nSPS) is 11.9. The zero-order valence-corrected chi connectivity index (χ0v) is 8.21. The Labute approximate surface area is 70.7 Å². The Morgan fingerprint density at radius 3 is 2.44 bits per heavy atom. The van der Waals surface area contributed by atoms with E-state index in [1.54, 1.807) is 0 Å². The second kappa shape index (κ2) is 4.94. The molecule has 0 saturated carbocycles. The molecule has 3 nitrogen and oxygen atoms in total. The van der Waals surface area contributed by atoms with Crippen LogP contribution in [0.5, 0.6) is 0 Å². The molecule has 0 aliphatic carbocycles. The Hall–Kier alpha value is 1.21. The van der Waals surface area contributed by atoms with E-state index in [0.29, 0.717) is 5.33 Å². The van der Waals surface area contributed by atoms with Crippen molar-refractivity contribution in [2.45, 2.75) is 0 Å². The fraction of sp³-hybridized carbons (Fsp3) is 1.00. The van der Waals surface area contributed by atoms with E-state index in [4.69, 9.17) is 22.5 Å². The van der Waals surface area contributed by atoms with E-state index in [1.165, 1.54) is 0 Å². The van der Waals surface area contributed by atoms with Gasteiger partial charge in [0.05, 0.1) is 6.61 Å². The summed E-state index contributed by atoms with van der Waals surface area (Å²) in [6.07, 6.45) is -3.49. The van der Waals surface area contributed by atoms with Crippen molar-refractivity contribution in [2.75, 3.05) is 11.9 Å². The Kier molecular flexibility index (Phi) is 5.60. The van der Waals surface area contributed by atoms with Gasteiger partial charge in [-0.25, -0.2) is 4.89 Å². The maximum Gasteiger partial charge on any atom is 0.406 e. The van der Waals surface area contributed by atoms with Crippen molar-refractivity contribution in [3.8, 4) is 0 Å². The highest BCUT2D eigenvalue weighted by molar-refractivity contribution is 9.09. The van der Waals surface area contributed by atoms with Crippen LogP contribution in [-0.2, 0) is 14.1 Å². The number of rotatable bonds is 4. The predicted octanol–water partition coefficient (Wildman–Crippen LogP) is 2.92. The molecule has 0 aromatic rings. The molecule has 0 radical (unpaired) electrons. The lowest BCUT2D eigenvalue weighted by Crippen LogP contribution is -1.91. The van der Waals surface area contributed by atoms with Crippen molar-refractivity contribution in [3.63, 3.8) is 0 Å². The summed E-state index contributed by atoms with van der Waals surface area (Å²) in [4.78, 5) is 4.27. The van der Waals surface area contributed by atoms with Gasteiger partial charge in [0.1, 0.15) is 0 Å². The van der Waals surface area contributed by atoms with Crippen LogP contribution < -0.4 is 0 Å². The topological polar surface area (TPSA) is 35.5 Å². The minimum absolute atomic E-state index is 0.253. The molecular weight excluding hydrogens is 254 g/mol. The molecule has 0 spiro atoms. The van der Waals surface area contributed by atoms with Crippen molar-refractivity contribution < 1.29 is 14.1 Å². The summed E-state index contributed by atoms with van der Waals surface area (Å²) in [5.41, 5.74) is 0. The Morgan fingerprint density at radius 1 is 1.56 bits per heavy atom.